The van der Waals surface area contributed by atoms with Crippen LogP contribution in [0.15, 0.2) is 53.3 Å². The summed E-state index contributed by atoms with van der Waals surface area (Å²) in [5.74, 6) is -0.424. The summed E-state index contributed by atoms with van der Waals surface area (Å²) < 4.78 is 14.5. The number of aliphatic hydroxyl groups excluding tert-OH is 1. The molecule has 0 saturated heterocycles. The molecule has 0 bridgehead atoms. The van der Waals surface area contributed by atoms with Gasteiger partial charge in [0.2, 0.25) is 0 Å². The third-order valence-electron chi connectivity index (χ3n) is 3.63. The highest BCUT2D eigenvalue weighted by Crippen LogP contribution is 2.17. The van der Waals surface area contributed by atoms with Crippen LogP contribution in [0.25, 0.3) is 10.8 Å². The second-order valence-corrected chi connectivity index (χ2v) is 5.19. The molecule has 4 nitrogen and oxygen atoms in total. The van der Waals surface area contributed by atoms with Gasteiger partial charge >= 0.3 is 0 Å². The molecular weight excluding hydrogens is 283 g/mol. The lowest BCUT2D eigenvalue weighted by Crippen LogP contribution is -2.26. The number of halogens is 1. The van der Waals surface area contributed by atoms with Crippen molar-refractivity contribution in [2.75, 3.05) is 0 Å². The Morgan fingerprint density at radius 1 is 1.18 bits per heavy atom. The molecule has 3 aromatic rings. The number of aryl methyl sites for hydroxylation is 1. The quantitative estimate of drug-likeness (QED) is 0.808. The summed E-state index contributed by atoms with van der Waals surface area (Å²) in [6, 6.07) is 12.9. The van der Waals surface area contributed by atoms with Gasteiger partial charge in [0.05, 0.1) is 23.7 Å². The lowest BCUT2D eigenvalue weighted by atomic mass is 10.1. The Morgan fingerprint density at radius 2 is 1.91 bits per heavy atom. The van der Waals surface area contributed by atoms with Gasteiger partial charge in [0.1, 0.15) is 5.82 Å². The molecule has 5 heteroatoms. The van der Waals surface area contributed by atoms with E-state index in [0.717, 1.165) is 5.39 Å². The van der Waals surface area contributed by atoms with E-state index in [2.05, 4.69) is 5.10 Å². The molecule has 0 radical (unpaired) electrons. The van der Waals surface area contributed by atoms with Crippen molar-refractivity contribution in [3.63, 3.8) is 0 Å². The smallest absolute Gasteiger partial charge is 0.274 e. The minimum Gasteiger partial charge on any atom is -0.386 e. The van der Waals surface area contributed by atoms with Crippen molar-refractivity contribution in [2.45, 2.75) is 19.6 Å². The average molecular weight is 298 g/mol. The standard InChI is InChI=1S/C17H15FN2O2/c1-11-14-7-2-3-8-15(14)17(22)20(19-11)10-16(21)12-5-4-6-13(18)9-12/h2-9,16,21H,10H2,1H3/t16-/m1/s1. The third kappa shape index (κ3) is 2.63. The lowest BCUT2D eigenvalue weighted by Gasteiger charge is -2.14. The van der Waals surface area contributed by atoms with E-state index >= 15 is 0 Å². The Hall–Kier alpha value is -2.53. The first-order valence-corrected chi connectivity index (χ1v) is 6.96. The molecule has 0 aliphatic heterocycles. The maximum absolute atomic E-state index is 13.2. The summed E-state index contributed by atoms with van der Waals surface area (Å²) in [4.78, 5) is 12.4. The molecule has 0 fully saturated rings. The zero-order chi connectivity index (χ0) is 15.7. The molecule has 0 saturated carbocycles. The van der Waals surface area contributed by atoms with Crippen LogP contribution in [0.3, 0.4) is 0 Å². The minimum atomic E-state index is -0.999. The van der Waals surface area contributed by atoms with Crippen LogP contribution in [0.1, 0.15) is 17.4 Å². The Kier molecular flexibility index (Phi) is 3.73. The third-order valence-corrected chi connectivity index (χ3v) is 3.63. The summed E-state index contributed by atoms with van der Waals surface area (Å²) in [5.41, 5.74) is 0.859. The van der Waals surface area contributed by atoms with Crippen LogP contribution in [0, 0.1) is 12.7 Å². The molecule has 0 aliphatic carbocycles. The molecule has 1 aromatic heterocycles. The Morgan fingerprint density at radius 3 is 2.64 bits per heavy atom. The summed E-state index contributed by atoms with van der Waals surface area (Å²) in [7, 11) is 0. The van der Waals surface area contributed by atoms with Gasteiger partial charge in [-0.25, -0.2) is 9.07 Å². The topological polar surface area (TPSA) is 55.1 Å². The highest BCUT2D eigenvalue weighted by atomic mass is 19.1. The molecule has 0 amide bonds. The summed E-state index contributed by atoms with van der Waals surface area (Å²) in [5, 5.41) is 15.8. The zero-order valence-electron chi connectivity index (χ0n) is 12.0. The van der Waals surface area contributed by atoms with Crippen LogP contribution in [-0.2, 0) is 6.54 Å². The highest BCUT2D eigenvalue weighted by Gasteiger charge is 2.13. The number of benzene rings is 2. The van der Waals surface area contributed by atoms with Crippen molar-refractivity contribution in [3.05, 3.63) is 76.0 Å². The van der Waals surface area contributed by atoms with Crippen molar-refractivity contribution < 1.29 is 9.50 Å². The number of nitrogens with zero attached hydrogens (tertiary/aromatic N) is 2. The maximum atomic E-state index is 13.2. The van der Waals surface area contributed by atoms with E-state index < -0.39 is 11.9 Å². The highest BCUT2D eigenvalue weighted by molar-refractivity contribution is 5.83. The van der Waals surface area contributed by atoms with E-state index in [1.807, 2.05) is 19.1 Å². The van der Waals surface area contributed by atoms with Gasteiger partial charge in [0.25, 0.3) is 5.56 Å². The molecule has 2 aromatic carbocycles. The van der Waals surface area contributed by atoms with Crippen LogP contribution in [0.5, 0.6) is 0 Å². The Labute approximate surface area is 126 Å². The second-order valence-electron chi connectivity index (χ2n) is 5.19. The van der Waals surface area contributed by atoms with Gasteiger partial charge in [-0.05, 0) is 30.7 Å². The van der Waals surface area contributed by atoms with E-state index in [1.54, 1.807) is 18.2 Å². The molecule has 1 atom stereocenters. The van der Waals surface area contributed by atoms with Crippen molar-refractivity contribution in [3.8, 4) is 0 Å². The first kappa shape index (κ1) is 14.4. The predicted molar refractivity (Wildman–Crippen MR) is 82.1 cm³/mol. The van der Waals surface area contributed by atoms with E-state index in [4.69, 9.17) is 0 Å². The van der Waals surface area contributed by atoms with E-state index in [1.165, 1.54) is 22.9 Å². The molecule has 112 valence electrons. The van der Waals surface area contributed by atoms with Crippen molar-refractivity contribution in [2.24, 2.45) is 0 Å². The van der Waals surface area contributed by atoms with Gasteiger partial charge in [-0.1, -0.05) is 30.3 Å². The summed E-state index contributed by atoms with van der Waals surface area (Å²) in [6.45, 7) is 1.79. The molecule has 1 heterocycles. The van der Waals surface area contributed by atoms with Crippen LogP contribution >= 0.6 is 0 Å². The first-order valence-electron chi connectivity index (χ1n) is 6.96. The first-order chi connectivity index (χ1) is 10.6. The second kappa shape index (κ2) is 5.69. The van der Waals surface area contributed by atoms with Crippen LogP contribution < -0.4 is 5.56 Å². The van der Waals surface area contributed by atoms with Gasteiger partial charge in [-0.15, -0.1) is 0 Å². The van der Waals surface area contributed by atoms with Gasteiger partial charge < -0.3 is 5.11 Å². The predicted octanol–water partition coefficient (Wildman–Crippen LogP) is 2.58. The lowest BCUT2D eigenvalue weighted by molar-refractivity contribution is 0.149. The number of hydrogen-bond acceptors (Lipinski definition) is 3. The molecule has 1 N–H and O–H groups in total. The van der Waals surface area contributed by atoms with E-state index in [9.17, 15) is 14.3 Å². The number of rotatable bonds is 3. The molecule has 0 aliphatic rings. The summed E-state index contributed by atoms with van der Waals surface area (Å²) >= 11 is 0. The Bertz CT molecular complexity index is 889. The molecule has 0 unspecified atom stereocenters. The van der Waals surface area contributed by atoms with Crippen molar-refractivity contribution >= 4 is 10.8 Å². The number of aromatic nitrogens is 2. The summed E-state index contributed by atoms with van der Waals surface area (Å²) in [6.07, 6.45) is -0.999. The minimum absolute atomic E-state index is 0.0199. The molecular formula is C17H15FN2O2. The fourth-order valence-electron chi connectivity index (χ4n) is 2.51. The molecule has 0 spiro atoms. The largest absolute Gasteiger partial charge is 0.386 e. The van der Waals surface area contributed by atoms with Gasteiger partial charge in [-0.3, -0.25) is 4.79 Å². The van der Waals surface area contributed by atoms with Crippen LogP contribution in [0.4, 0.5) is 4.39 Å². The fraction of sp³-hybridized carbons (Fsp3) is 0.176. The number of hydrogen-bond donors (Lipinski definition) is 1. The SMILES string of the molecule is Cc1nn(C[C@@H](O)c2cccc(F)c2)c(=O)c2ccccc12. The van der Waals surface area contributed by atoms with E-state index in [-0.39, 0.29) is 12.1 Å². The molecule has 3 rings (SSSR count). The molecule has 22 heavy (non-hydrogen) atoms. The normalized spacial score (nSPS) is 12.5. The van der Waals surface area contributed by atoms with Gasteiger partial charge in [-0.2, -0.15) is 5.10 Å². The fourth-order valence-corrected chi connectivity index (χ4v) is 2.51. The number of fused-ring (bicyclic) bond motifs is 1. The van der Waals surface area contributed by atoms with Gasteiger partial charge in [0, 0.05) is 5.39 Å². The van der Waals surface area contributed by atoms with E-state index in [0.29, 0.717) is 16.6 Å². The van der Waals surface area contributed by atoms with Crippen LogP contribution in [0.2, 0.25) is 0 Å². The maximum Gasteiger partial charge on any atom is 0.274 e. The van der Waals surface area contributed by atoms with Crippen molar-refractivity contribution in [1.82, 2.24) is 9.78 Å². The van der Waals surface area contributed by atoms with Gasteiger partial charge in [0.15, 0.2) is 0 Å². The van der Waals surface area contributed by atoms with Crippen LogP contribution in [-0.4, -0.2) is 14.9 Å². The Balaban J connectivity index is 2.01. The monoisotopic (exact) mass is 298 g/mol. The number of aliphatic hydroxyl groups is 1. The zero-order valence-corrected chi connectivity index (χ0v) is 12.0. The van der Waals surface area contributed by atoms with Crippen molar-refractivity contribution in [1.29, 1.82) is 0 Å². The average Bonchev–Trinajstić information content (AvgIpc) is 2.52.